The standard InChI is InChI=1S/C30H34ClF3N2O2/c1-3-26(29(35)37)23-12-7-14-25(18-23)38-17-9-16-36(19-21(2)22-10-5-4-6-11-22)20-24-13-8-15-27(28(24)31)30(32,33)34/h4-8,10-15,18,21,26H,3,9,16-17,19-20H2,1-2H3,(H2,35,37). The molecule has 0 spiro atoms. The van der Waals surface area contributed by atoms with Crippen LogP contribution in [0.5, 0.6) is 5.75 Å². The Labute approximate surface area is 227 Å². The fraction of sp³-hybridized carbons (Fsp3) is 0.367. The molecule has 2 N–H and O–H groups in total. The number of ether oxygens (including phenoxy) is 1. The predicted molar refractivity (Wildman–Crippen MR) is 145 cm³/mol. The average molecular weight is 547 g/mol. The van der Waals surface area contributed by atoms with E-state index in [1.165, 1.54) is 6.07 Å². The number of amides is 1. The number of carbonyl (C=O) groups is 1. The van der Waals surface area contributed by atoms with Crippen molar-refractivity contribution in [3.8, 4) is 5.75 Å². The van der Waals surface area contributed by atoms with E-state index in [4.69, 9.17) is 22.1 Å². The van der Waals surface area contributed by atoms with Crippen molar-refractivity contribution < 1.29 is 22.7 Å². The maximum atomic E-state index is 13.4. The molecule has 1 amide bonds. The van der Waals surface area contributed by atoms with Crippen LogP contribution in [0.3, 0.4) is 0 Å². The van der Waals surface area contributed by atoms with Gasteiger partial charge in [-0.3, -0.25) is 9.69 Å². The van der Waals surface area contributed by atoms with Gasteiger partial charge in [0.05, 0.1) is 23.1 Å². The summed E-state index contributed by atoms with van der Waals surface area (Å²) in [6.45, 7) is 5.94. The molecule has 3 aromatic carbocycles. The van der Waals surface area contributed by atoms with Gasteiger partial charge < -0.3 is 10.5 Å². The number of primary amides is 1. The minimum absolute atomic E-state index is 0.165. The smallest absolute Gasteiger partial charge is 0.417 e. The molecule has 0 aromatic heterocycles. The Morgan fingerprint density at radius 3 is 2.37 bits per heavy atom. The van der Waals surface area contributed by atoms with Crippen molar-refractivity contribution in [2.75, 3.05) is 19.7 Å². The van der Waals surface area contributed by atoms with Gasteiger partial charge in [0.25, 0.3) is 0 Å². The van der Waals surface area contributed by atoms with Gasteiger partial charge in [0, 0.05) is 19.6 Å². The van der Waals surface area contributed by atoms with E-state index in [0.717, 1.165) is 17.2 Å². The number of nitrogens with two attached hydrogens (primary N) is 1. The van der Waals surface area contributed by atoms with E-state index >= 15 is 0 Å². The van der Waals surface area contributed by atoms with Crippen LogP contribution in [0, 0.1) is 0 Å². The quantitative estimate of drug-likeness (QED) is 0.227. The first-order chi connectivity index (χ1) is 18.1. The SMILES string of the molecule is CCC(C(N)=O)c1cccc(OCCCN(Cc2cccc(C(F)(F)F)c2Cl)CC(C)c2ccccc2)c1. The summed E-state index contributed by atoms with van der Waals surface area (Å²) in [7, 11) is 0. The van der Waals surface area contributed by atoms with E-state index in [0.29, 0.717) is 43.9 Å². The molecule has 8 heteroatoms. The van der Waals surface area contributed by atoms with Crippen molar-refractivity contribution in [2.24, 2.45) is 5.73 Å². The number of alkyl halides is 3. The molecule has 0 aliphatic rings. The van der Waals surface area contributed by atoms with Crippen molar-refractivity contribution in [1.29, 1.82) is 0 Å². The van der Waals surface area contributed by atoms with Gasteiger partial charge in [0.2, 0.25) is 5.91 Å². The number of halogens is 4. The van der Waals surface area contributed by atoms with E-state index < -0.39 is 11.7 Å². The largest absolute Gasteiger partial charge is 0.494 e. The summed E-state index contributed by atoms with van der Waals surface area (Å²) in [4.78, 5) is 13.8. The molecule has 2 unspecified atom stereocenters. The van der Waals surface area contributed by atoms with E-state index in [2.05, 4.69) is 11.8 Å². The fourth-order valence-corrected chi connectivity index (χ4v) is 4.86. The topological polar surface area (TPSA) is 55.6 Å². The first-order valence-electron chi connectivity index (χ1n) is 12.7. The van der Waals surface area contributed by atoms with Gasteiger partial charge in [-0.25, -0.2) is 0 Å². The number of hydrogen-bond donors (Lipinski definition) is 1. The van der Waals surface area contributed by atoms with Crippen LogP contribution in [0.4, 0.5) is 13.2 Å². The zero-order valence-corrected chi connectivity index (χ0v) is 22.4. The monoisotopic (exact) mass is 546 g/mol. The van der Waals surface area contributed by atoms with Crippen molar-refractivity contribution >= 4 is 17.5 Å². The highest BCUT2D eigenvalue weighted by Crippen LogP contribution is 2.36. The number of rotatable bonds is 13. The van der Waals surface area contributed by atoms with Crippen LogP contribution in [0.1, 0.15) is 60.8 Å². The molecule has 0 heterocycles. The second kappa shape index (κ2) is 13.7. The van der Waals surface area contributed by atoms with Crippen molar-refractivity contribution in [2.45, 2.75) is 51.2 Å². The molecule has 0 fully saturated rings. The van der Waals surface area contributed by atoms with Crippen LogP contribution in [0.25, 0.3) is 0 Å². The van der Waals surface area contributed by atoms with E-state index in [-0.39, 0.29) is 29.3 Å². The highest BCUT2D eigenvalue weighted by Gasteiger charge is 2.34. The molecule has 0 radical (unpaired) electrons. The van der Waals surface area contributed by atoms with E-state index in [9.17, 15) is 18.0 Å². The first kappa shape index (κ1) is 29.5. The van der Waals surface area contributed by atoms with Crippen LogP contribution >= 0.6 is 11.6 Å². The maximum absolute atomic E-state index is 13.4. The van der Waals surface area contributed by atoms with Gasteiger partial charge in [-0.1, -0.05) is 80.0 Å². The van der Waals surface area contributed by atoms with Crippen molar-refractivity contribution in [3.05, 3.63) is 100 Å². The van der Waals surface area contributed by atoms with E-state index in [1.54, 1.807) is 6.07 Å². The van der Waals surface area contributed by atoms with E-state index in [1.807, 2.05) is 61.5 Å². The zero-order valence-electron chi connectivity index (χ0n) is 21.7. The summed E-state index contributed by atoms with van der Waals surface area (Å²) in [5.74, 6) is 0.0669. The van der Waals surface area contributed by atoms with Crippen LogP contribution in [0.15, 0.2) is 72.8 Å². The molecule has 38 heavy (non-hydrogen) atoms. The molecule has 4 nitrogen and oxygen atoms in total. The predicted octanol–water partition coefficient (Wildman–Crippen LogP) is 7.41. The summed E-state index contributed by atoms with van der Waals surface area (Å²) >= 11 is 6.20. The minimum Gasteiger partial charge on any atom is -0.494 e. The second-order valence-corrected chi connectivity index (χ2v) is 9.84. The number of carbonyl (C=O) groups excluding carboxylic acids is 1. The molecule has 0 saturated carbocycles. The third-order valence-electron chi connectivity index (χ3n) is 6.58. The Bertz CT molecular complexity index is 1190. The van der Waals surface area contributed by atoms with Crippen molar-refractivity contribution in [3.63, 3.8) is 0 Å². The highest BCUT2D eigenvalue weighted by molar-refractivity contribution is 6.32. The van der Waals surface area contributed by atoms with Gasteiger partial charge in [-0.2, -0.15) is 13.2 Å². The molecule has 0 saturated heterocycles. The molecule has 2 atom stereocenters. The third kappa shape index (κ3) is 8.23. The third-order valence-corrected chi connectivity index (χ3v) is 7.02. The average Bonchev–Trinajstić information content (AvgIpc) is 2.88. The van der Waals surface area contributed by atoms with Crippen LogP contribution in [-0.2, 0) is 17.5 Å². The normalized spacial score (nSPS) is 13.3. The number of hydrogen-bond acceptors (Lipinski definition) is 3. The van der Waals surface area contributed by atoms with Gasteiger partial charge >= 0.3 is 6.18 Å². The van der Waals surface area contributed by atoms with Gasteiger partial charge in [0.15, 0.2) is 0 Å². The molecular formula is C30H34ClF3N2O2. The molecule has 0 bridgehead atoms. The Balaban J connectivity index is 1.69. The molecule has 204 valence electrons. The summed E-state index contributed by atoms with van der Waals surface area (Å²) < 4.78 is 46.2. The molecule has 3 rings (SSSR count). The van der Waals surface area contributed by atoms with Gasteiger partial charge in [-0.05, 0) is 53.6 Å². The highest BCUT2D eigenvalue weighted by atomic mass is 35.5. The molecule has 3 aromatic rings. The number of benzene rings is 3. The summed E-state index contributed by atoms with van der Waals surface area (Å²) in [5, 5.41) is -0.259. The lowest BCUT2D eigenvalue weighted by molar-refractivity contribution is -0.137. The Hall–Kier alpha value is -3.03. The van der Waals surface area contributed by atoms with Gasteiger partial charge in [0.1, 0.15) is 5.75 Å². The molecule has 0 aliphatic heterocycles. The second-order valence-electron chi connectivity index (χ2n) is 9.46. The summed E-state index contributed by atoms with van der Waals surface area (Å²) in [6, 6.07) is 21.4. The van der Waals surface area contributed by atoms with Crippen LogP contribution in [0.2, 0.25) is 5.02 Å². The molecule has 0 aliphatic carbocycles. The lowest BCUT2D eigenvalue weighted by Gasteiger charge is -2.27. The maximum Gasteiger partial charge on any atom is 0.417 e. The lowest BCUT2D eigenvalue weighted by atomic mass is 9.96. The summed E-state index contributed by atoms with van der Waals surface area (Å²) in [6.07, 6.45) is -3.26. The zero-order chi connectivity index (χ0) is 27.7. The van der Waals surface area contributed by atoms with Gasteiger partial charge in [-0.15, -0.1) is 0 Å². The lowest BCUT2D eigenvalue weighted by Crippen LogP contribution is -2.30. The Kier molecular flexibility index (Phi) is 10.6. The molecular weight excluding hydrogens is 513 g/mol. The Morgan fingerprint density at radius 2 is 1.71 bits per heavy atom. The summed E-state index contributed by atoms with van der Waals surface area (Å²) in [5.41, 5.74) is 7.10. The van der Waals surface area contributed by atoms with Crippen LogP contribution in [-0.4, -0.2) is 30.5 Å². The Morgan fingerprint density at radius 1 is 1.03 bits per heavy atom. The minimum atomic E-state index is -4.51. The first-order valence-corrected chi connectivity index (χ1v) is 13.1. The van der Waals surface area contributed by atoms with Crippen LogP contribution < -0.4 is 10.5 Å². The van der Waals surface area contributed by atoms with Crippen molar-refractivity contribution in [1.82, 2.24) is 4.90 Å². The number of nitrogens with zero attached hydrogens (tertiary/aromatic N) is 1. The fourth-order valence-electron chi connectivity index (χ4n) is 4.57.